The number of aliphatic carboxylic acids is 1. The van der Waals surface area contributed by atoms with Gasteiger partial charge >= 0.3 is 12.0 Å². The van der Waals surface area contributed by atoms with E-state index in [0.29, 0.717) is 19.5 Å². The zero-order valence-electron chi connectivity index (χ0n) is 11.8. The summed E-state index contributed by atoms with van der Waals surface area (Å²) < 4.78 is 0. The van der Waals surface area contributed by atoms with Crippen LogP contribution in [0, 0.1) is 12.8 Å². The average Bonchev–Trinajstić information content (AvgIpc) is 2.80. The highest BCUT2D eigenvalue weighted by Crippen LogP contribution is 2.08. The highest BCUT2D eigenvalue weighted by molar-refractivity contribution is 7.09. The maximum atomic E-state index is 11.6. The van der Waals surface area contributed by atoms with Crippen molar-refractivity contribution in [3.05, 3.63) is 16.1 Å². The van der Waals surface area contributed by atoms with Crippen molar-refractivity contribution in [2.45, 2.75) is 33.1 Å². The number of aromatic nitrogens is 1. The molecule has 0 aliphatic heterocycles. The van der Waals surface area contributed by atoms with E-state index in [0.717, 1.165) is 17.1 Å². The first-order valence-corrected chi connectivity index (χ1v) is 7.53. The predicted molar refractivity (Wildman–Crippen MR) is 78.0 cm³/mol. The fourth-order valence-corrected chi connectivity index (χ4v) is 2.48. The Balaban J connectivity index is 2.18. The number of carboxylic acids is 1. The normalized spacial score (nSPS) is 11.9. The summed E-state index contributed by atoms with van der Waals surface area (Å²) in [4.78, 5) is 26.5. The minimum absolute atomic E-state index is 0.0279. The van der Waals surface area contributed by atoms with Gasteiger partial charge in [0.15, 0.2) is 0 Å². The third-order valence-electron chi connectivity index (χ3n) is 2.88. The van der Waals surface area contributed by atoms with Crippen LogP contribution in [0.5, 0.6) is 0 Å². The molecule has 0 spiro atoms. The fraction of sp³-hybridized carbons (Fsp3) is 0.615. The lowest BCUT2D eigenvalue weighted by atomic mass is 10.0. The minimum atomic E-state index is -0.835. The summed E-state index contributed by atoms with van der Waals surface area (Å²) in [6.45, 7) is 4.75. The molecule has 0 saturated carbocycles. The topological polar surface area (TPSA) is 91.3 Å². The summed E-state index contributed by atoms with van der Waals surface area (Å²) in [5, 5.41) is 17.1. The first-order chi connectivity index (χ1) is 9.51. The van der Waals surface area contributed by atoms with E-state index in [9.17, 15) is 9.59 Å². The number of thiazole rings is 1. The second-order valence-corrected chi connectivity index (χ2v) is 5.58. The standard InChI is InChI=1S/C13H21N3O3S/c1-3-10(6-12(17)18)7-15-13(19)14-5-4-11-16-9(2)8-20-11/h8,10H,3-7H2,1-2H3,(H,17,18)(H2,14,15,19). The summed E-state index contributed by atoms with van der Waals surface area (Å²) in [5.41, 5.74) is 0.994. The first-order valence-electron chi connectivity index (χ1n) is 6.65. The van der Waals surface area contributed by atoms with Crippen molar-refractivity contribution in [1.82, 2.24) is 15.6 Å². The third kappa shape index (κ3) is 6.51. The Kier molecular flexibility index (Phi) is 7.00. The number of aryl methyl sites for hydroxylation is 1. The monoisotopic (exact) mass is 299 g/mol. The summed E-state index contributed by atoms with van der Waals surface area (Å²) in [7, 11) is 0. The molecule has 1 rings (SSSR count). The Morgan fingerprint density at radius 1 is 1.45 bits per heavy atom. The molecule has 0 aliphatic carbocycles. The van der Waals surface area contributed by atoms with Gasteiger partial charge < -0.3 is 15.7 Å². The molecule has 0 fully saturated rings. The lowest BCUT2D eigenvalue weighted by Gasteiger charge is -2.13. The molecule has 0 radical (unpaired) electrons. The molecule has 112 valence electrons. The van der Waals surface area contributed by atoms with Crippen LogP contribution in [0.4, 0.5) is 4.79 Å². The highest BCUT2D eigenvalue weighted by atomic mass is 32.1. The summed E-state index contributed by atoms with van der Waals surface area (Å²) in [6.07, 6.45) is 1.51. The number of rotatable bonds is 8. The Morgan fingerprint density at radius 3 is 2.75 bits per heavy atom. The van der Waals surface area contributed by atoms with Crippen molar-refractivity contribution < 1.29 is 14.7 Å². The van der Waals surface area contributed by atoms with Gasteiger partial charge in [-0.15, -0.1) is 11.3 Å². The molecule has 20 heavy (non-hydrogen) atoms. The number of urea groups is 1. The summed E-state index contributed by atoms with van der Waals surface area (Å²) >= 11 is 1.58. The molecule has 1 heterocycles. The van der Waals surface area contributed by atoms with Crippen molar-refractivity contribution >= 4 is 23.3 Å². The van der Waals surface area contributed by atoms with Crippen molar-refractivity contribution in [2.75, 3.05) is 13.1 Å². The first kappa shape index (κ1) is 16.4. The lowest BCUT2D eigenvalue weighted by molar-refractivity contribution is -0.138. The van der Waals surface area contributed by atoms with Gasteiger partial charge in [-0.25, -0.2) is 9.78 Å². The maximum absolute atomic E-state index is 11.6. The summed E-state index contributed by atoms with van der Waals surface area (Å²) in [5.74, 6) is -0.863. The number of nitrogens with one attached hydrogen (secondary N) is 2. The Labute approximate surface area is 122 Å². The van der Waals surface area contributed by atoms with Crippen LogP contribution in [0.25, 0.3) is 0 Å². The molecule has 2 amide bonds. The lowest BCUT2D eigenvalue weighted by Crippen LogP contribution is -2.39. The molecule has 1 aromatic rings. The number of hydrogen-bond donors (Lipinski definition) is 3. The number of hydrogen-bond acceptors (Lipinski definition) is 4. The van der Waals surface area contributed by atoms with Gasteiger partial charge in [-0.1, -0.05) is 13.3 Å². The van der Waals surface area contributed by atoms with Gasteiger partial charge in [0.05, 0.1) is 5.01 Å². The van der Waals surface area contributed by atoms with E-state index < -0.39 is 5.97 Å². The van der Waals surface area contributed by atoms with Crippen LogP contribution < -0.4 is 10.6 Å². The number of nitrogens with zero attached hydrogens (tertiary/aromatic N) is 1. The molecule has 6 nitrogen and oxygen atoms in total. The van der Waals surface area contributed by atoms with Crippen LogP contribution in [0.2, 0.25) is 0 Å². The highest BCUT2D eigenvalue weighted by Gasteiger charge is 2.12. The third-order valence-corrected chi connectivity index (χ3v) is 3.91. The molecular weight excluding hydrogens is 278 g/mol. The summed E-state index contributed by atoms with van der Waals surface area (Å²) in [6, 6.07) is -0.262. The molecular formula is C13H21N3O3S. The van der Waals surface area contributed by atoms with E-state index in [1.165, 1.54) is 0 Å². The van der Waals surface area contributed by atoms with Crippen LogP contribution in [0.3, 0.4) is 0 Å². The molecule has 3 N–H and O–H groups in total. The van der Waals surface area contributed by atoms with Crippen LogP contribution in [-0.2, 0) is 11.2 Å². The van der Waals surface area contributed by atoms with Crippen LogP contribution in [0.1, 0.15) is 30.5 Å². The van der Waals surface area contributed by atoms with E-state index >= 15 is 0 Å². The van der Waals surface area contributed by atoms with Gasteiger partial charge in [0.2, 0.25) is 0 Å². The Bertz CT molecular complexity index is 448. The zero-order chi connectivity index (χ0) is 15.0. The number of carboxylic acid groups (broad SMARTS) is 1. The van der Waals surface area contributed by atoms with Crippen LogP contribution in [-0.4, -0.2) is 35.2 Å². The largest absolute Gasteiger partial charge is 0.481 e. The second kappa shape index (κ2) is 8.52. The van der Waals surface area contributed by atoms with E-state index in [1.54, 1.807) is 11.3 Å². The van der Waals surface area contributed by atoms with Gasteiger partial charge in [-0.2, -0.15) is 0 Å². The molecule has 0 aliphatic rings. The van der Waals surface area contributed by atoms with Gasteiger partial charge in [0, 0.05) is 37.0 Å². The number of carbonyl (C=O) groups excluding carboxylic acids is 1. The predicted octanol–water partition coefficient (Wildman–Crippen LogP) is 1.79. The van der Waals surface area contributed by atoms with E-state index in [-0.39, 0.29) is 18.4 Å². The smallest absolute Gasteiger partial charge is 0.314 e. The quantitative estimate of drug-likeness (QED) is 0.682. The van der Waals surface area contributed by atoms with Crippen molar-refractivity contribution in [2.24, 2.45) is 5.92 Å². The van der Waals surface area contributed by atoms with Crippen molar-refractivity contribution in [3.63, 3.8) is 0 Å². The van der Waals surface area contributed by atoms with Crippen LogP contribution in [0.15, 0.2) is 5.38 Å². The number of amides is 2. The molecule has 0 saturated heterocycles. The molecule has 0 aromatic carbocycles. The van der Waals surface area contributed by atoms with Gasteiger partial charge in [0.25, 0.3) is 0 Å². The van der Waals surface area contributed by atoms with Gasteiger partial charge in [-0.05, 0) is 12.8 Å². The van der Waals surface area contributed by atoms with Crippen LogP contribution >= 0.6 is 11.3 Å². The molecule has 0 bridgehead atoms. The van der Waals surface area contributed by atoms with Crippen molar-refractivity contribution in [3.8, 4) is 0 Å². The zero-order valence-corrected chi connectivity index (χ0v) is 12.6. The second-order valence-electron chi connectivity index (χ2n) is 4.64. The van der Waals surface area contributed by atoms with Crippen molar-refractivity contribution in [1.29, 1.82) is 0 Å². The molecule has 7 heteroatoms. The SMILES string of the molecule is CCC(CNC(=O)NCCc1nc(C)cs1)CC(=O)O. The van der Waals surface area contributed by atoms with E-state index in [2.05, 4.69) is 15.6 Å². The van der Waals surface area contributed by atoms with E-state index in [1.807, 2.05) is 19.2 Å². The number of carbonyl (C=O) groups is 2. The Hall–Kier alpha value is -1.63. The maximum Gasteiger partial charge on any atom is 0.314 e. The van der Waals surface area contributed by atoms with Gasteiger partial charge in [-0.3, -0.25) is 4.79 Å². The molecule has 1 aromatic heterocycles. The minimum Gasteiger partial charge on any atom is -0.481 e. The fourth-order valence-electron chi connectivity index (χ4n) is 1.71. The molecule has 1 atom stereocenters. The van der Waals surface area contributed by atoms with Gasteiger partial charge in [0.1, 0.15) is 0 Å². The average molecular weight is 299 g/mol. The Morgan fingerprint density at radius 2 is 2.20 bits per heavy atom. The van der Waals surface area contributed by atoms with E-state index in [4.69, 9.17) is 5.11 Å². The molecule has 1 unspecified atom stereocenters.